The Balaban J connectivity index is 2.06. The molecule has 1 amide bonds. The van der Waals surface area contributed by atoms with Crippen LogP contribution < -0.4 is 0 Å². The Morgan fingerprint density at radius 3 is 2.57 bits per heavy atom. The van der Waals surface area contributed by atoms with Gasteiger partial charge in [-0.2, -0.15) is 5.26 Å². The van der Waals surface area contributed by atoms with Crippen molar-refractivity contribution in [2.45, 2.75) is 0 Å². The van der Waals surface area contributed by atoms with Crippen molar-refractivity contribution in [1.82, 2.24) is 9.80 Å². The Labute approximate surface area is 126 Å². The van der Waals surface area contributed by atoms with Crippen molar-refractivity contribution < 1.29 is 9.72 Å². The van der Waals surface area contributed by atoms with Gasteiger partial charge in [0, 0.05) is 37.8 Å². The van der Waals surface area contributed by atoms with E-state index in [1.54, 1.807) is 4.90 Å². The molecule has 21 heavy (non-hydrogen) atoms. The number of rotatable bonds is 3. The highest BCUT2D eigenvalue weighted by atomic mass is 35.5. The number of carbonyl (C=O) groups is 1. The summed E-state index contributed by atoms with van der Waals surface area (Å²) < 4.78 is 0. The lowest BCUT2D eigenvalue weighted by Gasteiger charge is -2.33. The number of amides is 1. The summed E-state index contributed by atoms with van der Waals surface area (Å²) in [6.07, 6.45) is 0. The topological polar surface area (TPSA) is 90.5 Å². The summed E-state index contributed by atoms with van der Waals surface area (Å²) in [6.45, 7) is 2.68. The molecule has 1 aromatic carbocycles. The molecule has 8 heteroatoms. The first-order chi connectivity index (χ1) is 10.0. The van der Waals surface area contributed by atoms with E-state index in [0.29, 0.717) is 38.3 Å². The van der Waals surface area contributed by atoms with Gasteiger partial charge in [0.15, 0.2) is 0 Å². The maximum absolute atomic E-state index is 12.3. The average Bonchev–Trinajstić information content (AvgIpc) is 2.47. The lowest BCUT2D eigenvalue weighted by molar-refractivity contribution is -0.384. The van der Waals surface area contributed by atoms with Crippen LogP contribution in [0.15, 0.2) is 18.2 Å². The largest absolute Gasteiger partial charge is 0.336 e. The van der Waals surface area contributed by atoms with Crippen LogP contribution in [-0.4, -0.2) is 53.4 Å². The van der Waals surface area contributed by atoms with Gasteiger partial charge in [-0.15, -0.1) is 0 Å². The molecule has 110 valence electrons. The summed E-state index contributed by atoms with van der Waals surface area (Å²) >= 11 is 5.82. The zero-order valence-electron chi connectivity index (χ0n) is 11.2. The molecule has 0 N–H and O–H groups in total. The maximum Gasteiger partial charge on any atom is 0.287 e. The first-order valence-electron chi connectivity index (χ1n) is 6.35. The molecule has 1 aliphatic heterocycles. The van der Waals surface area contributed by atoms with Crippen LogP contribution >= 0.6 is 11.6 Å². The van der Waals surface area contributed by atoms with Crippen LogP contribution in [0.1, 0.15) is 10.4 Å². The van der Waals surface area contributed by atoms with Crippen LogP contribution in [-0.2, 0) is 0 Å². The number of hydrogen-bond acceptors (Lipinski definition) is 5. The van der Waals surface area contributed by atoms with Gasteiger partial charge in [0.2, 0.25) is 0 Å². The predicted octanol–water partition coefficient (Wildman–Crippen LogP) is 1.53. The van der Waals surface area contributed by atoms with Gasteiger partial charge >= 0.3 is 0 Å². The highest BCUT2D eigenvalue weighted by Gasteiger charge is 2.23. The minimum absolute atomic E-state index is 0.0473. The van der Waals surface area contributed by atoms with Crippen molar-refractivity contribution in [3.05, 3.63) is 38.9 Å². The second-order valence-electron chi connectivity index (χ2n) is 4.65. The van der Waals surface area contributed by atoms with E-state index < -0.39 is 4.92 Å². The fraction of sp³-hybridized carbons (Fsp3) is 0.385. The highest BCUT2D eigenvalue weighted by Crippen LogP contribution is 2.25. The number of hydrogen-bond donors (Lipinski definition) is 0. The first-order valence-corrected chi connectivity index (χ1v) is 6.73. The number of nitrogens with zero attached hydrogens (tertiary/aromatic N) is 4. The second kappa shape index (κ2) is 6.52. The third kappa shape index (κ3) is 3.48. The van der Waals surface area contributed by atoms with Gasteiger partial charge < -0.3 is 4.90 Å². The SMILES string of the molecule is N#CCN1CCN(C(=O)c2ccc([N+](=O)[O-])c(Cl)c2)CC1. The molecular formula is C13H13ClN4O3. The lowest BCUT2D eigenvalue weighted by atomic mass is 10.1. The van der Waals surface area contributed by atoms with Gasteiger partial charge in [0.1, 0.15) is 5.02 Å². The molecule has 2 rings (SSSR count). The van der Waals surface area contributed by atoms with E-state index >= 15 is 0 Å². The minimum Gasteiger partial charge on any atom is -0.336 e. The Morgan fingerprint density at radius 2 is 2.05 bits per heavy atom. The Morgan fingerprint density at radius 1 is 1.38 bits per heavy atom. The molecular weight excluding hydrogens is 296 g/mol. The van der Waals surface area contributed by atoms with Crippen LogP contribution in [0.5, 0.6) is 0 Å². The van der Waals surface area contributed by atoms with Crippen molar-refractivity contribution in [2.75, 3.05) is 32.7 Å². The predicted molar refractivity (Wildman–Crippen MR) is 76.1 cm³/mol. The third-order valence-corrected chi connectivity index (χ3v) is 3.65. The van der Waals surface area contributed by atoms with Gasteiger partial charge in [0.05, 0.1) is 17.5 Å². The van der Waals surface area contributed by atoms with E-state index in [4.69, 9.17) is 16.9 Å². The number of piperazine rings is 1. The number of nitro benzene ring substituents is 1. The van der Waals surface area contributed by atoms with E-state index in [-0.39, 0.29) is 16.6 Å². The molecule has 1 aliphatic rings. The molecule has 0 aromatic heterocycles. The summed E-state index contributed by atoms with van der Waals surface area (Å²) in [4.78, 5) is 26.0. The van der Waals surface area contributed by atoms with Crippen molar-refractivity contribution >= 4 is 23.2 Å². The normalized spacial score (nSPS) is 15.5. The third-order valence-electron chi connectivity index (χ3n) is 3.35. The fourth-order valence-electron chi connectivity index (χ4n) is 2.18. The molecule has 0 atom stereocenters. The van der Waals surface area contributed by atoms with E-state index in [0.717, 1.165) is 0 Å². The van der Waals surface area contributed by atoms with Gasteiger partial charge in [0.25, 0.3) is 11.6 Å². The van der Waals surface area contributed by atoms with Gasteiger partial charge in [-0.05, 0) is 12.1 Å². The minimum atomic E-state index is -0.586. The zero-order valence-corrected chi connectivity index (χ0v) is 11.9. The molecule has 0 aliphatic carbocycles. The van der Waals surface area contributed by atoms with E-state index in [1.807, 2.05) is 4.90 Å². The molecule has 0 unspecified atom stereocenters. The molecule has 1 saturated heterocycles. The summed E-state index contributed by atoms with van der Waals surface area (Å²) in [6, 6.07) is 6.05. The monoisotopic (exact) mass is 308 g/mol. The van der Waals surface area contributed by atoms with Crippen LogP contribution in [0.3, 0.4) is 0 Å². The Hall–Kier alpha value is -2.17. The van der Waals surface area contributed by atoms with E-state index in [1.165, 1.54) is 18.2 Å². The molecule has 0 saturated carbocycles. The lowest BCUT2D eigenvalue weighted by Crippen LogP contribution is -2.48. The van der Waals surface area contributed by atoms with Gasteiger partial charge in [-0.25, -0.2) is 0 Å². The number of nitro groups is 1. The van der Waals surface area contributed by atoms with Crippen LogP contribution in [0.4, 0.5) is 5.69 Å². The fourth-order valence-corrected chi connectivity index (χ4v) is 2.43. The van der Waals surface area contributed by atoms with Crippen molar-refractivity contribution in [3.63, 3.8) is 0 Å². The second-order valence-corrected chi connectivity index (χ2v) is 5.06. The Bertz CT molecular complexity index is 606. The Kier molecular flexibility index (Phi) is 4.73. The first kappa shape index (κ1) is 15.2. The number of benzene rings is 1. The quantitative estimate of drug-likeness (QED) is 0.480. The van der Waals surface area contributed by atoms with Crippen LogP contribution in [0.25, 0.3) is 0 Å². The highest BCUT2D eigenvalue weighted by molar-refractivity contribution is 6.33. The molecule has 1 heterocycles. The standard InChI is InChI=1S/C13H13ClN4O3/c14-11-9-10(1-2-12(11)18(20)21)13(19)17-7-5-16(4-3-15)6-8-17/h1-2,9H,4-8H2. The summed E-state index contributed by atoms with van der Waals surface area (Å²) in [5, 5.41) is 19.3. The van der Waals surface area contributed by atoms with Crippen molar-refractivity contribution in [3.8, 4) is 6.07 Å². The van der Waals surface area contributed by atoms with E-state index in [9.17, 15) is 14.9 Å². The molecule has 0 bridgehead atoms. The van der Waals surface area contributed by atoms with Crippen molar-refractivity contribution in [2.24, 2.45) is 0 Å². The molecule has 0 radical (unpaired) electrons. The van der Waals surface area contributed by atoms with Crippen molar-refractivity contribution in [1.29, 1.82) is 5.26 Å². The van der Waals surface area contributed by atoms with Gasteiger partial charge in [-0.1, -0.05) is 11.6 Å². The summed E-state index contributed by atoms with van der Waals surface area (Å²) in [5.41, 5.74) is 0.117. The molecule has 1 aromatic rings. The summed E-state index contributed by atoms with van der Waals surface area (Å²) in [7, 11) is 0. The van der Waals surface area contributed by atoms with E-state index in [2.05, 4.69) is 6.07 Å². The zero-order chi connectivity index (χ0) is 15.4. The molecule has 0 spiro atoms. The number of nitriles is 1. The van der Waals surface area contributed by atoms with Gasteiger partial charge in [-0.3, -0.25) is 19.8 Å². The maximum atomic E-state index is 12.3. The van der Waals surface area contributed by atoms with Crippen LogP contribution in [0, 0.1) is 21.4 Å². The number of halogens is 1. The summed E-state index contributed by atoms with van der Waals surface area (Å²) in [5.74, 6) is -0.205. The molecule has 1 fully saturated rings. The number of carbonyl (C=O) groups excluding carboxylic acids is 1. The smallest absolute Gasteiger partial charge is 0.287 e. The molecule has 7 nitrogen and oxygen atoms in total. The average molecular weight is 309 g/mol. The van der Waals surface area contributed by atoms with Crippen LogP contribution in [0.2, 0.25) is 5.02 Å².